The SMILES string of the molecule is CCCNc1cnc(C(=O)N2CCNC(=O)C2)cn1. The van der Waals surface area contributed by atoms with Crippen molar-refractivity contribution in [3.05, 3.63) is 18.1 Å². The van der Waals surface area contributed by atoms with Gasteiger partial charge in [-0.3, -0.25) is 9.59 Å². The van der Waals surface area contributed by atoms with Crippen molar-refractivity contribution in [2.24, 2.45) is 0 Å². The lowest BCUT2D eigenvalue weighted by molar-refractivity contribution is -0.123. The Bertz CT molecular complexity index is 460. The standard InChI is InChI=1S/C12H17N5O2/c1-2-3-13-10-7-15-9(6-16-10)12(19)17-5-4-14-11(18)8-17/h6-7H,2-5,8H2,1H3,(H,13,16)(H,14,18). The van der Waals surface area contributed by atoms with Gasteiger partial charge < -0.3 is 15.5 Å². The van der Waals surface area contributed by atoms with E-state index in [1.807, 2.05) is 0 Å². The van der Waals surface area contributed by atoms with Crippen molar-refractivity contribution in [1.82, 2.24) is 20.2 Å². The summed E-state index contributed by atoms with van der Waals surface area (Å²) in [5.74, 6) is 0.243. The second-order valence-electron chi connectivity index (χ2n) is 4.29. The van der Waals surface area contributed by atoms with Gasteiger partial charge >= 0.3 is 0 Å². The summed E-state index contributed by atoms with van der Waals surface area (Å²) >= 11 is 0. The van der Waals surface area contributed by atoms with Gasteiger partial charge in [-0.25, -0.2) is 9.97 Å². The molecule has 2 heterocycles. The molecule has 7 nitrogen and oxygen atoms in total. The van der Waals surface area contributed by atoms with Gasteiger partial charge in [0.2, 0.25) is 5.91 Å². The second kappa shape index (κ2) is 6.12. The van der Waals surface area contributed by atoms with Crippen LogP contribution in [0.1, 0.15) is 23.8 Å². The molecule has 0 unspecified atom stereocenters. The minimum atomic E-state index is -0.260. The van der Waals surface area contributed by atoms with Crippen LogP contribution in [0.3, 0.4) is 0 Å². The molecule has 102 valence electrons. The molecule has 1 fully saturated rings. The van der Waals surface area contributed by atoms with Crippen LogP contribution in [-0.4, -0.2) is 52.9 Å². The van der Waals surface area contributed by atoms with Gasteiger partial charge in [0.25, 0.3) is 5.91 Å². The van der Waals surface area contributed by atoms with E-state index < -0.39 is 0 Å². The number of rotatable bonds is 4. The number of amides is 2. The van der Waals surface area contributed by atoms with E-state index in [9.17, 15) is 9.59 Å². The molecular formula is C12H17N5O2. The molecule has 0 radical (unpaired) electrons. The predicted molar refractivity (Wildman–Crippen MR) is 69.7 cm³/mol. The number of hydrogen-bond donors (Lipinski definition) is 2. The highest BCUT2D eigenvalue weighted by Crippen LogP contribution is 2.05. The third kappa shape index (κ3) is 3.40. The molecule has 0 bridgehead atoms. The van der Waals surface area contributed by atoms with Gasteiger partial charge in [0, 0.05) is 19.6 Å². The number of nitrogens with one attached hydrogen (secondary N) is 2. The molecule has 1 aromatic heterocycles. The molecule has 0 atom stereocenters. The van der Waals surface area contributed by atoms with Crippen molar-refractivity contribution >= 4 is 17.6 Å². The topological polar surface area (TPSA) is 87.2 Å². The zero-order valence-electron chi connectivity index (χ0n) is 10.8. The van der Waals surface area contributed by atoms with E-state index in [2.05, 4.69) is 27.5 Å². The lowest BCUT2D eigenvalue weighted by Gasteiger charge is -2.26. The normalized spacial score (nSPS) is 15.0. The van der Waals surface area contributed by atoms with Crippen LogP contribution in [0.2, 0.25) is 0 Å². The molecule has 19 heavy (non-hydrogen) atoms. The molecule has 2 amide bonds. The highest BCUT2D eigenvalue weighted by Gasteiger charge is 2.23. The van der Waals surface area contributed by atoms with Crippen LogP contribution in [0, 0.1) is 0 Å². The molecule has 0 aliphatic carbocycles. The van der Waals surface area contributed by atoms with Crippen molar-refractivity contribution in [2.75, 3.05) is 31.5 Å². The second-order valence-corrected chi connectivity index (χ2v) is 4.29. The Kier molecular flexibility index (Phi) is 4.27. The summed E-state index contributed by atoms with van der Waals surface area (Å²) < 4.78 is 0. The maximum Gasteiger partial charge on any atom is 0.274 e. The lowest BCUT2D eigenvalue weighted by atomic mass is 10.3. The largest absolute Gasteiger partial charge is 0.369 e. The molecule has 2 rings (SSSR count). The molecule has 0 spiro atoms. The molecule has 0 saturated carbocycles. The van der Waals surface area contributed by atoms with Crippen molar-refractivity contribution in [3.8, 4) is 0 Å². The summed E-state index contributed by atoms with van der Waals surface area (Å²) in [5.41, 5.74) is 0.261. The molecule has 2 N–H and O–H groups in total. The van der Waals surface area contributed by atoms with Gasteiger partial charge in [-0.05, 0) is 6.42 Å². The number of anilines is 1. The molecule has 0 aromatic carbocycles. The number of carbonyl (C=O) groups excluding carboxylic acids is 2. The van der Waals surface area contributed by atoms with E-state index in [1.54, 1.807) is 0 Å². The fourth-order valence-electron chi connectivity index (χ4n) is 1.76. The predicted octanol–water partition coefficient (Wildman–Crippen LogP) is -0.129. The van der Waals surface area contributed by atoms with Crippen molar-refractivity contribution in [2.45, 2.75) is 13.3 Å². The zero-order chi connectivity index (χ0) is 13.7. The Morgan fingerprint density at radius 2 is 2.32 bits per heavy atom. The minimum Gasteiger partial charge on any atom is -0.369 e. The quantitative estimate of drug-likeness (QED) is 0.790. The fraction of sp³-hybridized carbons (Fsp3) is 0.500. The average Bonchev–Trinajstić information content (AvgIpc) is 2.45. The molecule has 1 saturated heterocycles. The summed E-state index contributed by atoms with van der Waals surface area (Å²) in [6, 6.07) is 0. The Hall–Kier alpha value is -2.18. The summed E-state index contributed by atoms with van der Waals surface area (Å²) in [7, 11) is 0. The highest BCUT2D eigenvalue weighted by atomic mass is 16.2. The maximum atomic E-state index is 12.1. The molecular weight excluding hydrogens is 246 g/mol. The third-order valence-electron chi connectivity index (χ3n) is 2.75. The van der Waals surface area contributed by atoms with Crippen molar-refractivity contribution in [1.29, 1.82) is 0 Å². The van der Waals surface area contributed by atoms with E-state index in [1.165, 1.54) is 17.3 Å². The van der Waals surface area contributed by atoms with Crippen LogP contribution in [0.25, 0.3) is 0 Å². The first-order valence-electron chi connectivity index (χ1n) is 6.32. The first-order chi connectivity index (χ1) is 9.20. The van der Waals surface area contributed by atoms with Crippen LogP contribution in [-0.2, 0) is 4.79 Å². The number of hydrogen-bond acceptors (Lipinski definition) is 5. The molecule has 1 aliphatic rings. The van der Waals surface area contributed by atoms with Crippen LogP contribution in [0.15, 0.2) is 12.4 Å². The average molecular weight is 263 g/mol. The van der Waals surface area contributed by atoms with Gasteiger partial charge in [-0.15, -0.1) is 0 Å². The Labute approximate surface area is 111 Å². The van der Waals surface area contributed by atoms with Crippen molar-refractivity contribution in [3.63, 3.8) is 0 Å². The van der Waals surface area contributed by atoms with E-state index in [4.69, 9.17) is 0 Å². The monoisotopic (exact) mass is 263 g/mol. The molecule has 1 aromatic rings. The number of aromatic nitrogens is 2. The van der Waals surface area contributed by atoms with Crippen molar-refractivity contribution < 1.29 is 9.59 Å². The van der Waals surface area contributed by atoms with Gasteiger partial charge in [-0.1, -0.05) is 6.92 Å². The molecule has 1 aliphatic heterocycles. The van der Waals surface area contributed by atoms with Gasteiger partial charge in [0.1, 0.15) is 11.5 Å². The van der Waals surface area contributed by atoms with Gasteiger partial charge in [-0.2, -0.15) is 0 Å². The van der Waals surface area contributed by atoms with Crippen LogP contribution in [0.4, 0.5) is 5.82 Å². The summed E-state index contributed by atoms with van der Waals surface area (Å²) in [4.78, 5) is 33.0. The van der Waals surface area contributed by atoms with Crippen LogP contribution >= 0.6 is 0 Å². The summed E-state index contributed by atoms with van der Waals surface area (Å²) in [6.07, 6.45) is 3.96. The third-order valence-corrected chi connectivity index (χ3v) is 2.75. The first kappa shape index (κ1) is 13.3. The number of nitrogens with zero attached hydrogens (tertiary/aromatic N) is 3. The Balaban J connectivity index is 2.00. The van der Waals surface area contributed by atoms with Gasteiger partial charge in [0.15, 0.2) is 0 Å². The summed E-state index contributed by atoms with van der Waals surface area (Å²) in [5, 5.41) is 5.76. The molecule has 7 heteroatoms. The van der Waals surface area contributed by atoms with Crippen LogP contribution in [0.5, 0.6) is 0 Å². The van der Waals surface area contributed by atoms with Crippen LogP contribution < -0.4 is 10.6 Å². The maximum absolute atomic E-state index is 12.1. The Morgan fingerprint density at radius 1 is 1.47 bits per heavy atom. The van der Waals surface area contributed by atoms with E-state index in [0.717, 1.165) is 13.0 Å². The Morgan fingerprint density at radius 3 is 2.95 bits per heavy atom. The number of piperazine rings is 1. The first-order valence-corrected chi connectivity index (χ1v) is 6.32. The van der Waals surface area contributed by atoms with Gasteiger partial charge in [0.05, 0.1) is 18.9 Å². The highest BCUT2D eigenvalue weighted by molar-refractivity contribution is 5.95. The van der Waals surface area contributed by atoms with E-state index in [-0.39, 0.29) is 24.1 Å². The van der Waals surface area contributed by atoms with E-state index in [0.29, 0.717) is 18.9 Å². The summed E-state index contributed by atoms with van der Waals surface area (Å²) in [6.45, 7) is 3.93. The fourth-order valence-corrected chi connectivity index (χ4v) is 1.76. The minimum absolute atomic E-state index is 0.0797. The number of carbonyl (C=O) groups is 2. The van der Waals surface area contributed by atoms with E-state index >= 15 is 0 Å². The zero-order valence-corrected chi connectivity index (χ0v) is 10.8. The smallest absolute Gasteiger partial charge is 0.274 e. The lowest BCUT2D eigenvalue weighted by Crippen LogP contribution is -2.50.